The highest BCUT2D eigenvalue weighted by atomic mass is 19.1. The summed E-state index contributed by atoms with van der Waals surface area (Å²) in [6, 6.07) is 2.96. The zero-order valence-corrected chi connectivity index (χ0v) is 11.1. The van der Waals surface area contributed by atoms with Crippen molar-refractivity contribution in [2.75, 3.05) is 13.1 Å². The van der Waals surface area contributed by atoms with Crippen molar-refractivity contribution in [3.8, 4) is 5.75 Å². The maximum absolute atomic E-state index is 12.8. The number of hydrogen-bond acceptors (Lipinski definition) is 3. The summed E-state index contributed by atoms with van der Waals surface area (Å²) in [4.78, 5) is 11.8. The average Bonchev–Trinajstić information content (AvgIpc) is 2.23. The standard InChI is InChI=1S/C14H19FN2O2/c1-10(15)19-12-2-3-13(18)17(7-12)6-11-4-14(5-11)8-16-9-14/h2-3,7,10-11,16H,4-6,8-9H2,1H3. The summed E-state index contributed by atoms with van der Waals surface area (Å²) in [7, 11) is 0. The molecule has 1 saturated carbocycles. The van der Waals surface area contributed by atoms with Gasteiger partial charge < -0.3 is 14.6 Å². The highest BCUT2D eigenvalue weighted by molar-refractivity contribution is 5.17. The lowest BCUT2D eigenvalue weighted by molar-refractivity contribution is -0.00773. The van der Waals surface area contributed by atoms with E-state index in [1.807, 2.05) is 0 Å². The van der Waals surface area contributed by atoms with Crippen molar-refractivity contribution in [2.45, 2.75) is 32.7 Å². The van der Waals surface area contributed by atoms with E-state index in [9.17, 15) is 9.18 Å². The highest BCUT2D eigenvalue weighted by Crippen LogP contribution is 2.48. The van der Waals surface area contributed by atoms with Gasteiger partial charge in [0.1, 0.15) is 5.75 Å². The quantitative estimate of drug-likeness (QED) is 0.899. The van der Waals surface area contributed by atoms with Crippen LogP contribution in [0.1, 0.15) is 19.8 Å². The summed E-state index contributed by atoms with van der Waals surface area (Å²) in [5.74, 6) is 0.965. The fourth-order valence-electron chi connectivity index (χ4n) is 3.25. The van der Waals surface area contributed by atoms with Crippen LogP contribution in [0, 0.1) is 11.3 Å². The first-order chi connectivity index (χ1) is 9.06. The Morgan fingerprint density at radius 2 is 2.26 bits per heavy atom. The summed E-state index contributed by atoms with van der Waals surface area (Å²) in [6.07, 6.45) is 2.61. The molecule has 1 aromatic heterocycles. The van der Waals surface area contributed by atoms with Crippen LogP contribution in [-0.4, -0.2) is 24.0 Å². The maximum Gasteiger partial charge on any atom is 0.250 e. The smallest absolute Gasteiger partial charge is 0.250 e. The fourth-order valence-corrected chi connectivity index (χ4v) is 3.25. The molecule has 104 valence electrons. The number of aromatic nitrogens is 1. The summed E-state index contributed by atoms with van der Waals surface area (Å²) < 4.78 is 19.4. The Bertz CT molecular complexity index is 514. The van der Waals surface area contributed by atoms with Gasteiger partial charge in [-0.1, -0.05) is 0 Å². The molecule has 5 heteroatoms. The van der Waals surface area contributed by atoms with Gasteiger partial charge in [0, 0.05) is 38.8 Å². The zero-order chi connectivity index (χ0) is 13.5. The first-order valence-electron chi connectivity index (χ1n) is 6.78. The third kappa shape index (κ3) is 2.52. The molecule has 1 spiro atoms. The molecule has 0 bridgehead atoms. The third-order valence-corrected chi connectivity index (χ3v) is 4.15. The summed E-state index contributed by atoms with van der Waals surface area (Å²) in [6.45, 7) is 4.26. The lowest BCUT2D eigenvalue weighted by Gasteiger charge is -2.54. The molecule has 2 fully saturated rings. The number of ether oxygens (including phenoxy) is 1. The number of alkyl halides is 1. The summed E-state index contributed by atoms with van der Waals surface area (Å²) in [5.41, 5.74) is 0.460. The van der Waals surface area contributed by atoms with Crippen LogP contribution in [0.5, 0.6) is 5.75 Å². The Balaban J connectivity index is 1.65. The Kier molecular flexibility index (Phi) is 3.09. The van der Waals surface area contributed by atoms with Crippen molar-refractivity contribution in [3.05, 3.63) is 28.7 Å². The Labute approximate surface area is 111 Å². The second-order valence-corrected chi connectivity index (χ2v) is 5.89. The van der Waals surface area contributed by atoms with Crippen molar-refractivity contribution in [1.82, 2.24) is 9.88 Å². The van der Waals surface area contributed by atoms with Crippen molar-refractivity contribution < 1.29 is 9.13 Å². The summed E-state index contributed by atoms with van der Waals surface area (Å²) >= 11 is 0. The van der Waals surface area contributed by atoms with Gasteiger partial charge >= 0.3 is 0 Å². The van der Waals surface area contributed by atoms with E-state index in [0.29, 0.717) is 23.6 Å². The number of nitrogens with zero attached hydrogens (tertiary/aromatic N) is 1. The Morgan fingerprint density at radius 3 is 2.84 bits per heavy atom. The molecular formula is C14H19FN2O2. The van der Waals surface area contributed by atoms with Crippen LogP contribution in [0.2, 0.25) is 0 Å². The molecule has 2 aliphatic rings. The van der Waals surface area contributed by atoms with E-state index >= 15 is 0 Å². The molecule has 2 heterocycles. The number of nitrogens with one attached hydrogen (secondary N) is 1. The van der Waals surface area contributed by atoms with Crippen molar-refractivity contribution >= 4 is 0 Å². The van der Waals surface area contributed by atoms with Crippen molar-refractivity contribution in [3.63, 3.8) is 0 Å². The van der Waals surface area contributed by atoms with E-state index in [1.54, 1.807) is 10.8 Å². The molecule has 1 N–H and O–H groups in total. The lowest BCUT2D eigenvalue weighted by Crippen LogP contribution is -2.60. The minimum absolute atomic E-state index is 0.0495. The molecule has 1 atom stereocenters. The van der Waals surface area contributed by atoms with Crippen LogP contribution in [0.15, 0.2) is 23.1 Å². The van der Waals surface area contributed by atoms with Crippen LogP contribution in [0.4, 0.5) is 4.39 Å². The van der Waals surface area contributed by atoms with Gasteiger partial charge in [-0.25, -0.2) is 4.39 Å². The molecule has 0 radical (unpaired) electrons. The largest absolute Gasteiger partial charge is 0.459 e. The second-order valence-electron chi connectivity index (χ2n) is 5.89. The predicted molar refractivity (Wildman–Crippen MR) is 69.9 cm³/mol. The van der Waals surface area contributed by atoms with Gasteiger partial charge in [-0.05, 0) is 30.2 Å². The van der Waals surface area contributed by atoms with Gasteiger partial charge in [-0.2, -0.15) is 0 Å². The topological polar surface area (TPSA) is 43.3 Å². The van der Waals surface area contributed by atoms with E-state index in [0.717, 1.165) is 13.1 Å². The van der Waals surface area contributed by atoms with E-state index in [4.69, 9.17) is 4.74 Å². The molecule has 0 amide bonds. The molecule has 1 saturated heterocycles. The minimum Gasteiger partial charge on any atom is -0.459 e. The molecule has 3 rings (SSSR count). The predicted octanol–water partition coefficient (Wildman–Crippen LogP) is 1.54. The molecule has 1 aromatic rings. The first kappa shape index (κ1) is 12.7. The first-order valence-corrected chi connectivity index (χ1v) is 6.78. The normalized spacial score (nSPS) is 22.6. The minimum atomic E-state index is -1.36. The maximum atomic E-state index is 12.8. The van der Waals surface area contributed by atoms with Crippen molar-refractivity contribution in [2.24, 2.45) is 11.3 Å². The van der Waals surface area contributed by atoms with Gasteiger partial charge in [0.15, 0.2) is 0 Å². The number of rotatable bonds is 4. The van der Waals surface area contributed by atoms with Gasteiger partial charge in [0.2, 0.25) is 6.36 Å². The van der Waals surface area contributed by atoms with Crippen LogP contribution < -0.4 is 15.6 Å². The molecule has 1 aliphatic heterocycles. The van der Waals surface area contributed by atoms with Crippen LogP contribution in [-0.2, 0) is 6.54 Å². The van der Waals surface area contributed by atoms with E-state index in [-0.39, 0.29) is 5.56 Å². The summed E-state index contributed by atoms with van der Waals surface area (Å²) in [5, 5.41) is 3.30. The fraction of sp³-hybridized carbons (Fsp3) is 0.643. The SMILES string of the molecule is CC(F)Oc1ccc(=O)n(CC2CC3(CNC3)C2)c1. The van der Waals surface area contributed by atoms with E-state index in [1.165, 1.54) is 31.9 Å². The second kappa shape index (κ2) is 4.63. The number of hydrogen-bond donors (Lipinski definition) is 1. The molecule has 19 heavy (non-hydrogen) atoms. The highest BCUT2D eigenvalue weighted by Gasteiger charge is 2.48. The van der Waals surface area contributed by atoms with Gasteiger partial charge in [-0.3, -0.25) is 4.79 Å². The van der Waals surface area contributed by atoms with Crippen LogP contribution in [0.25, 0.3) is 0 Å². The third-order valence-electron chi connectivity index (χ3n) is 4.15. The lowest BCUT2D eigenvalue weighted by atomic mass is 9.58. The monoisotopic (exact) mass is 266 g/mol. The average molecular weight is 266 g/mol. The number of halogens is 1. The zero-order valence-electron chi connectivity index (χ0n) is 11.1. The molecule has 4 nitrogen and oxygen atoms in total. The Hall–Kier alpha value is -1.36. The van der Waals surface area contributed by atoms with E-state index < -0.39 is 6.36 Å². The molecule has 1 unspecified atom stereocenters. The van der Waals surface area contributed by atoms with Gasteiger partial charge in [0.05, 0.1) is 0 Å². The molecule has 1 aliphatic carbocycles. The van der Waals surface area contributed by atoms with Gasteiger partial charge in [-0.15, -0.1) is 0 Å². The van der Waals surface area contributed by atoms with Crippen LogP contribution >= 0.6 is 0 Å². The van der Waals surface area contributed by atoms with Crippen LogP contribution in [0.3, 0.4) is 0 Å². The number of pyridine rings is 1. The molecule has 0 aromatic carbocycles. The Morgan fingerprint density at radius 1 is 1.53 bits per heavy atom. The van der Waals surface area contributed by atoms with Gasteiger partial charge in [0.25, 0.3) is 5.56 Å². The molecular weight excluding hydrogens is 247 g/mol. The van der Waals surface area contributed by atoms with Crippen molar-refractivity contribution in [1.29, 1.82) is 0 Å². The van der Waals surface area contributed by atoms with E-state index in [2.05, 4.69) is 5.32 Å².